The van der Waals surface area contributed by atoms with Crippen LogP contribution in [0.5, 0.6) is 0 Å². The van der Waals surface area contributed by atoms with Crippen LogP contribution in [0.25, 0.3) is 0 Å². The standard InChI is InChI=1S/C23H28FN5O4S/c1-14(2)29(22(33)15-6-8-16(24)9-7-15)12-20(31)28-23-26-17(13-34-23)11-19(30)27-18-5-3-4-10-25-21(18)32/h6-9,13-14,18H,3-5,10-12H2,1-2H3,(H,25,32)(H,27,30)(H,26,28,31). The number of hydrogen-bond donors (Lipinski definition) is 3. The van der Waals surface area contributed by atoms with Gasteiger partial charge < -0.3 is 20.9 Å². The molecule has 4 amide bonds. The van der Waals surface area contributed by atoms with E-state index in [9.17, 15) is 23.6 Å². The van der Waals surface area contributed by atoms with Crippen LogP contribution in [0.15, 0.2) is 29.6 Å². The minimum absolute atomic E-state index is 0.0165. The van der Waals surface area contributed by atoms with Crippen molar-refractivity contribution >= 4 is 40.1 Å². The highest BCUT2D eigenvalue weighted by molar-refractivity contribution is 7.13. The largest absolute Gasteiger partial charge is 0.354 e. The maximum atomic E-state index is 13.2. The zero-order valence-electron chi connectivity index (χ0n) is 19.1. The monoisotopic (exact) mass is 489 g/mol. The quantitative estimate of drug-likeness (QED) is 0.525. The van der Waals surface area contributed by atoms with E-state index < -0.39 is 17.8 Å². The maximum Gasteiger partial charge on any atom is 0.254 e. The van der Waals surface area contributed by atoms with E-state index in [1.807, 2.05) is 0 Å². The fourth-order valence-electron chi connectivity index (χ4n) is 3.49. The molecule has 0 saturated carbocycles. The number of anilines is 1. The summed E-state index contributed by atoms with van der Waals surface area (Å²) in [7, 11) is 0. The van der Waals surface area contributed by atoms with E-state index in [1.54, 1.807) is 19.2 Å². The van der Waals surface area contributed by atoms with Crippen LogP contribution in [0.3, 0.4) is 0 Å². The number of carbonyl (C=O) groups excluding carboxylic acids is 4. The Morgan fingerprint density at radius 3 is 2.65 bits per heavy atom. The molecule has 1 fully saturated rings. The number of thiazole rings is 1. The van der Waals surface area contributed by atoms with Crippen molar-refractivity contribution in [2.75, 3.05) is 18.4 Å². The first-order valence-corrected chi connectivity index (χ1v) is 12.0. The van der Waals surface area contributed by atoms with E-state index in [4.69, 9.17) is 0 Å². The van der Waals surface area contributed by atoms with Crippen molar-refractivity contribution in [1.82, 2.24) is 20.5 Å². The van der Waals surface area contributed by atoms with Crippen molar-refractivity contribution in [1.29, 1.82) is 0 Å². The van der Waals surface area contributed by atoms with Gasteiger partial charge in [0.15, 0.2) is 5.13 Å². The Hall–Kier alpha value is -3.34. The van der Waals surface area contributed by atoms with Crippen LogP contribution < -0.4 is 16.0 Å². The number of carbonyl (C=O) groups is 4. The van der Waals surface area contributed by atoms with E-state index in [0.717, 1.165) is 24.2 Å². The fourth-order valence-corrected chi connectivity index (χ4v) is 4.22. The van der Waals surface area contributed by atoms with Gasteiger partial charge in [-0.25, -0.2) is 9.37 Å². The number of nitrogens with one attached hydrogen (secondary N) is 3. The van der Waals surface area contributed by atoms with Gasteiger partial charge in [-0.1, -0.05) is 0 Å². The van der Waals surface area contributed by atoms with Gasteiger partial charge in [0.2, 0.25) is 17.7 Å². The van der Waals surface area contributed by atoms with E-state index in [0.29, 0.717) is 23.8 Å². The Balaban J connectivity index is 1.54. The van der Waals surface area contributed by atoms with Gasteiger partial charge in [-0.2, -0.15) is 0 Å². The molecule has 0 bridgehead atoms. The van der Waals surface area contributed by atoms with Gasteiger partial charge in [-0.3, -0.25) is 19.2 Å². The third-order valence-corrected chi connectivity index (χ3v) is 6.11. The van der Waals surface area contributed by atoms with Gasteiger partial charge in [0, 0.05) is 23.5 Å². The third kappa shape index (κ3) is 7.08. The minimum Gasteiger partial charge on any atom is -0.354 e. The molecule has 1 aromatic heterocycles. The number of rotatable bonds is 8. The second-order valence-corrected chi connectivity index (χ2v) is 9.17. The molecule has 9 nitrogen and oxygen atoms in total. The molecule has 3 rings (SSSR count). The lowest BCUT2D eigenvalue weighted by molar-refractivity contribution is -0.128. The zero-order chi connectivity index (χ0) is 24.7. The molecule has 11 heteroatoms. The number of halogens is 1. The van der Waals surface area contributed by atoms with Gasteiger partial charge in [0.25, 0.3) is 5.91 Å². The summed E-state index contributed by atoms with van der Waals surface area (Å²) in [6.07, 6.45) is 2.32. The summed E-state index contributed by atoms with van der Waals surface area (Å²) in [4.78, 5) is 55.3. The first-order valence-electron chi connectivity index (χ1n) is 11.1. The lowest BCUT2D eigenvalue weighted by Gasteiger charge is -2.26. The first kappa shape index (κ1) is 25.3. The van der Waals surface area contributed by atoms with Crippen LogP contribution in [0.1, 0.15) is 49.2 Å². The molecule has 0 aliphatic carbocycles. The number of benzene rings is 1. The highest BCUT2D eigenvalue weighted by atomic mass is 32.1. The number of aromatic nitrogens is 1. The summed E-state index contributed by atoms with van der Waals surface area (Å²) in [6.45, 7) is 3.97. The molecule has 0 spiro atoms. The molecule has 1 atom stereocenters. The second-order valence-electron chi connectivity index (χ2n) is 8.31. The van der Waals surface area contributed by atoms with Gasteiger partial charge in [-0.15, -0.1) is 11.3 Å². The molecule has 1 saturated heterocycles. The smallest absolute Gasteiger partial charge is 0.254 e. The third-order valence-electron chi connectivity index (χ3n) is 5.30. The number of nitrogens with zero attached hydrogens (tertiary/aromatic N) is 2. The molecule has 1 aliphatic rings. The molecule has 1 aliphatic heterocycles. The average Bonchev–Trinajstić information content (AvgIpc) is 3.12. The molecule has 0 radical (unpaired) electrons. The SMILES string of the molecule is CC(C)N(CC(=O)Nc1nc(CC(=O)NC2CCCCNC2=O)cs1)C(=O)c1ccc(F)cc1. The van der Waals surface area contributed by atoms with Gasteiger partial charge in [-0.05, 0) is 57.4 Å². The average molecular weight is 490 g/mol. The number of hydrogen-bond acceptors (Lipinski definition) is 6. The topological polar surface area (TPSA) is 120 Å². The van der Waals surface area contributed by atoms with Crippen molar-refractivity contribution in [2.24, 2.45) is 0 Å². The van der Waals surface area contributed by atoms with E-state index >= 15 is 0 Å². The summed E-state index contributed by atoms with van der Waals surface area (Å²) >= 11 is 1.16. The molecule has 2 heterocycles. The van der Waals surface area contributed by atoms with Gasteiger partial charge >= 0.3 is 0 Å². The summed E-state index contributed by atoms with van der Waals surface area (Å²) in [5.41, 5.74) is 0.753. The van der Waals surface area contributed by atoms with E-state index in [1.165, 1.54) is 29.2 Å². The maximum absolute atomic E-state index is 13.2. The Labute approximate surface area is 201 Å². The highest BCUT2D eigenvalue weighted by Crippen LogP contribution is 2.17. The van der Waals surface area contributed by atoms with Crippen molar-refractivity contribution in [2.45, 2.75) is 51.6 Å². The molecule has 2 aromatic rings. The second kappa shape index (κ2) is 11.7. The zero-order valence-corrected chi connectivity index (χ0v) is 19.9. The van der Waals surface area contributed by atoms with Gasteiger partial charge in [0.05, 0.1) is 12.1 Å². The fraction of sp³-hybridized carbons (Fsp3) is 0.435. The molecule has 182 valence electrons. The summed E-state index contributed by atoms with van der Waals surface area (Å²) in [6, 6.07) is 4.33. The van der Waals surface area contributed by atoms with Crippen molar-refractivity contribution in [3.8, 4) is 0 Å². The van der Waals surface area contributed by atoms with Crippen LogP contribution in [0.4, 0.5) is 9.52 Å². The van der Waals surface area contributed by atoms with Gasteiger partial charge in [0.1, 0.15) is 18.4 Å². The van der Waals surface area contributed by atoms with E-state index in [-0.39, 0.29) is 42.3 Å². The molecular formula is C23H28FN5O4S. The van der Waals surface area contributed by atoms with Crippen LogP contribution >= 0.6 is 11.3 Å². The van der Waals surface area contributed by atoms with Crippen LogP contribution in [-0.4, -0.2) is 58.7 Å². The highest BCUT2D eigenvalue weighted by Gasteiger charge is 2.24. The Kier molecular flexibility index (Phi) is 8.69. The minimum atomic E-state index is -0.548. The predicted octanol–water partition coefficient (Wildman–Crippen LogP) is 2.10. The molecule has 1 aromatic carbocycles. The molecular weight excluding hydrogens is 461 g/mol. The summed E-state index contributed by atoms with van der Waals surface area (Å²) in [5.74, 6) is -1.77. The summed E-state index contributed by atoms with van der Waals surface area (Å²) < 4.78 is 13.2. The van der Waals surface area contributed by atoms with Crippen molar-refractivity contribution in [3.05, 3.63) is 46.7 Å². The molecule has 34 heavy (non-hydrogen) atoms. The van der Waals surface area contributed by atoms with Crippen molar-refractivity contribution < 1.29 is 23.6 Å². The number of amides is 4. The lowest BCUT2D eigenvalue weighted by Crippen LogP contribution is -2.46. The molecule has 1 unspecified atom stereocenters. The van der Waals surface area contributed by atoms with E-state index in [2.05, 4.69) is 20.9 Å². The Morgan fingerprint density at radius 2 is 1.94 bits per heavy atom. The Bertz CT molecular complexity index is 1040. The van der Waals surface area contributed by atoms with Crippen molar-refractivity contribution in [3.63, 3.8) is 0 Å². The summed E-state index contributed by atoms with van der Waals surface area (Å²) in [5, 5.41) is 10.1. The Morgan fingerprint density at radius 1 is 1.21 bits per heavy atom. The lowest BCUT2D eigenvalue weighted by atomic mass is 10.1. The normalized spacial score (nSPS) is 15.9. The van der Waals surface area contributed by atoms with Crippen LogP contribution in [0, 0.1) is 5.82 Å². The predicted molar refractivity (Wildman–Crippen MR) is 126 cm³/mol. The molecule has 3 N–H and O–H groups in total. The van der Waals surface area contributed by atoms with Crippen LogP contribution in [0.2, 0.25) is 0 Å². The first-order chi connectivity index (χ1) is 16.2. The van der Waals surface area contributed by atoms with Crippen LogP contribution in [-0.2, 0) is 20.8 Å².